The van der Waals surface area contributed by atoms with Gasteiger partial charge in [0, 0.05) is 6.42 Å². The maximum Gasteiger partial charge on any atom is 0.309 e. The van der Waals surface area contributed by atoms with Crippen LogP contribution in [-0.2, 0) is 38.6 Å². The molecule has 0 saturated carbocycles. The van der Waals surface area contributed by atoms with E-state index in [2.05, 4.69) is 23.8 Å². The van der Waals surface area contributed by atoms with Gasteiger partial charge >= 0.3 is 5.97 Å². The minimum absolute atomic E-state index is 0.0211. The Morgan fingerprint density at radius 2 is 1.44 bits per heavy atom. The van der Waals surface area contributed by atoms with Gasteiger partial charge in [-0.1, -0.05) is 98.8 Å². The SMILES string of the molecule is C=CCCC[C@H](Cc1ccccc1)C(=O)OC[C@@H](NC(=O)[C@H](CC=C)CC(=O)N[C@H](CO)Cc1ccc(OCc2ccccc2)cc1)C(C)C. The topological polar surface area (TPSA) is 114 Å². The summed E-state index contributed by atoms with van der Waals surface area (Å²) in [4.78, 5) is 39.8. The van der Waals surface area contributed by atoms with Crippen molar-refractivity contribution in [2.75, 3.05) is 13.2 Å². The van der Waals surface area contributed by atoms with Crippen molar-refractivity contribution in [1.82, 2.24) is 10.6 Å². The molecule has 0 saturated heterocycles. The number of rotatable bonds is 23. The van der Waals surface area contributed by atoms with E-state index in [4.69, 9.17) is 9.47 Å². The quantitative estimate of drug-likeness (QED) is 0.0579. The average molecular weight is 683 g/mol. The molecule has 0 heterocycles. The molecule has 0 bridgehead atoms. The highest BCUT2D eigenvalue weighted by Gasteiger charge is 2.28. The predicted molar refractivity (Wildman–Crippen MR) is 198 cm³/mol. The second kappa shape index (κ2) is 22.1. The number of aliphatic hydroxyl groups is 1. The molecule has 0 aliphatic carbocycles. The van der Waals surface area contributed by atoms with Crippen LogP contribution >= 0.6 is 0 Å². The number of aliphatic hydroxyl groups excluding tert-OH is 1. The smallest absolute Gasteiger partial charge is 0.309 e. The lowest BCUT2D eigenvalue weighted by atomic mass is 9.94. The number of amides is 2. The largest absolute Gasteiger partial charge is 0.489 e. The van der Waals surface area contributed by atoms with E-state index in [0.717, 1.165) is 35.3 Å². The summed E-state index contributed by atoms with van der Waals surface area (Å²) in [5.41, 5.74) is 3.07. The van der Waals surface area contributed by atoms with E-state index in [-0.39, 0.29) is 49.3 Å². The van der Waals surface area contributed by atoms with Crippen LogP contribution in [-0.4, -0.2) is 48.2 Å². The van der Waals surface area contributed by atoms with E-state index in [0.29, 0.717) is 32.3 Å². The molecule has 0 spiro atoms. The third-order valence-electron chi connectivity index (χ3n) is 8.65. The molecule has 3 rings (SSSR count). The van der Waals surface area contributed by atoms with Gasteiger partial charge < -0.3 is 25.2 Å². The van der Waals surface area contributed by atoms with Gasteiger partial charge in [-0.15, -0.1) is 13.2 Å². The summed E-state index contributed by atoms with van der Waals surface area (Å²) < 4.78 is 11.7. The zero-order valence-corrected chi connectivity index (χ0v) is 29.6. The first-order valence-electron chi connectivity index (χ1n) is 17.6. The Bertz CT molecular complexity index is 1460. The first-order valence-corrected chi connectivity index (χ1v) is 17.6. The fourth-order valence-corrected chi connectivity index (χ4v) is 5.60. The van der Waals surface area contributed by atoms with E-state index in [1.165, 1.54) is 0 Å². The third kappa shape index (κ3) is 14.4. The van der Waals surface area contributed by atoms with Crippen LogP contribution in [0, 0.1) is 17.8 Å². The number of hydrogen-bond acceptors (Lipinski definition) is 6. The maximum absolute atomic E-state index is 13.4. The van der Waals surface area contributed by atoms with Crippen LogP contribution in [0.4, 0.5) is 0 Å². The summed E-state index contributed by atoms with van der Waals surface area (Å²) in [5.74, 6) is -1.21. The molecule has 0 aliphatic rings. The van der Waals surface area contributed by atoms with Crippen molar-refractivity contribution in [3.63, 3.8) is 0 Å². The van der Waals surface area contributed by atoms with Gasteiger partial charge in [-0.3, -0.25) is 14.4 Å². The first kappa shape index (κ1) is 39.7. The molecule has 0 aliphatic heterocycles. The molecule has 3 aromatic carbocycles. The molecular weight excluding hydrogens is 628 g/mol. The summed E-state index contributed by atoms with van der Waals surface area (Å²) in [5, 5.41) is 15.9. The van der Waals surface area contributed by atoms with Crippen LogP contribution in [0.1, 0.15) is 62.6 Å². The average Bonchev–Trinajstić information content (AvgIpc) is 3.12. The Labute approximate surface area is 298 Å². The molecule has 0 aromatic heterocycles. The monoisotopic (exact) mass is 682 g/mol. The van der Waals surface area contributed by atoms with E-state index < -0.39 is 18.0 Å². The van der Waals surface area contributed by atoms with Crippen molar-refractivity contribution in [1.29, 1.82) is 0 Å². The van der Waals surface area contributed by atoms with Gasteiger partial charge in [0.25, 0.3) is 0 Å². The molecular formula is C42H54N2O6. The molecule has 0 fully saturated rings. The summed E-state index contributed by atoms with van der Waals surface area (Å²) >= 11 is 0. The Morgan fingerprint density at radius 1 is 0.800 bits per heavy atom. The van der Waals surface area contributed by atoms with Crippen molar-refractivity contribution in [3.05, 3.63) is 127 Å². The van der Waals surface area contributed by atoms with Gasteiger partial charge in [0.15, 0.2) is 0 Å². The van der Waals surface area contributed by atoms with Gasteiger partial charge in [0.05, 0.1) is 30.5 Å². The number of carbonyl (C=O) groups excluding carboxylic acids is 3. The molecule has 268 valence electrons. The standard InChI is InChI=1S/C42H54N2O6/c1-5-7-10-20-36(25-32-16-11-8-12-17-32)42(48)50-30-39(31(3)4)44-41(47)35(15-6-2)27-40(46)43-37(28-45)26-33-21-23-38(24-22-33)49-29-34-18-13-9-14-19-34/h5-6,8-9,11-14,16-19,21-24,31,35-37,39,45H,1-2,7,10,15,20,25-30H2,3-4H3,(H,43,46)(H,44,47)/t35-,36-,37+,39-/m1/s1. The molecule has 50 heavy (non-hydrogen) atoms. The Morgan fingerprint density at radius 3 is 2.04 bits per heavy atom. The number of benzene rings is 3. The minimum Gasteiger partial charge on any atom is -0.489 e. The number of ether oxygens (including phenoxy) is 2. The highest BCUT2D eigenvalue weighted by molar-refractivity contribution is 5.86. The Hall–Kier alpha value is -4.69. The van der Waals surface area contributed by atoms with Crippen molar-refractivity contribution < 1.29 is 29.0 Å². The van der Waals surface area contributed by atoms with Crippen LogP contribution in [0.2, 0.25) is 0 Å². The predicted octanol–water partition coefficient (Wildman–Crippen LogP) is 6.77. The van der Waals surface area contributed by atoms with E-state index in [1.54, 1.807) is 6.08 Å². The van der Waals surface area contributed by atoms with Crippen LogP contribution in [0.3, 0.4) is 0 Å². The van der Waals surface area contributed by atoms with Gasteiger partial charge in [0.1, 0.15) is 19.0 Å². The third-order valence-corrected chi connectivity index (χ3v) is 8.65. The molecule has 0 radical (unpaired) electrons. The Balaban J connectivity index is 1.52. The van der Waals surface area contributed by atoms with Crippen molar-refractivity contribution >= 4 is 17.8 Å². The molecule has 0 unspecified atom stereocenters. The molecule has 2 amide bonds. The Kier molecular flexibility index (Phi) is 17.6. The lowest BCUT2D eigenvalue weighted by Crippen LogP contribution is -2.47. The lowest BCUT2D eigenvalue weighted by molar-refractivity contribution is -0.150. The van der Waals surface area contributed by atoms with E-state index >= 15 is 0 Å². The first-order chi connectivity index (χ1) is 24.2. The lowest BCUT2D eigenvalue weighted by Gasteiger charge is -2.26. The fourth-order valence-electron chi connectivity index (χ4n) is 5.60. The number of carbonyl (C=O) groups is 3. The second-order valence-electron chi connectivity index (χ2n) is 13.1. The van der Waals surface area contributed by atoms with Crippen molar-refractivity contribution in [2.24, 2.45) is 17.8 Å². The summed E-state index contributed by atoms with van der Waals surface area (Å²) in [6.45, 7) is 11.7. The number of hydrogen-bond donors (Lipinski definition) is 3. The molecule has 3 aromatic rings. The van der Waals surface area contributed by atoms with Crippen LogP contribution in [0.25, 0.3) is 0 Å². The van der Waals surface area contributed by atoms with Crippen molar-refractivity contribution in [3.8, 4) is 5.75 Å². The second-order valence-corrected chi connectivity index (χ2v) is 13.1. The highest BCUT2D eigenvalue weighted by Crippen LogP contribution is 2.20. The van der Waals surface area contributed by atoms with E-state index in [1.807, 2.05) is 105 Å². The van der Waals surface area contributed by atoms with Gasteiger partial charge in [-0.05, 0) is 73.3 Å². The summed E-state index contributed by atoms with van der Waals surface area (Å²) in [6, 6.07) is 26.4. The zero-order chi connectivity index (χ0) is 36.1. The van der Waals surface area contributed by atoms with Crippen LogP contribution in [0.5, 0.6) is 5.75 Å². The van der Waals surface area contributed by atoms with Crippen LogP contribution in [0.15, 0.2) is 110 Å². The highest BCUT2D eigenvalue weighted by atomic mass is 16.5. The molecule has 8 nitrogen and oxygen atoms in total. The fraction of sp³-hybridized carbons (Fsp3) is 0.405. The van der Waals surface area contributed by atoms with Gasteiger partial charge in [-0.2, -0.15) is 0 Å². The number of esters is 1. The van der Waals surface area contributed by atoms with Crippen LogP contribution < -0.4 is 15.4 Å². The normalized spacial score (nSPS) is 13.4. The molecule has 4 atom stereocenters. The van der Waals surface area contributed by atoms with Gasteiger partial charge in [0.2, 0.25) is 11.8 Å². The van der Waals surface area contributed by atoms with E-state index in [9.17, 15) is 19.5 Å². The zero-order valence-electron chi connectivity index (χ0n) is 29.6. The number of unbranched alkanes of at least 4 members (excludes halogenated alkanes) is 1. The van der Waals surface area contributed by atoms with Gasteiger partial charge in [-0.25, -0.2) is 0 Å². The number of allylic oxidation sites excluding steroid dienone is 2. The minimum atomic E-state index is -0.672. The number of nitrogens with one attached hydrogen (secondary N) is 2. The summed E-state index contributed by atoms with van der Waals surface area (Å²) in [6.07, 6.45) is 7.00. The maximum atomic E-state index is 13.4. The summed E-state index contributed by atoms with van der Waals surface area (Å²) in [7, 11) is 0. The molecule has 3 N–H and O–H groups in total. The van der Waals surface area contributed by atoms with Crippen molar-refractivity contribution in [2.45, 2.75) is 77.5 Å². The molecule has 8 heteroatoms.